The molecule has 2 rings (SSSR count). The zero-order valence-electron chi connectivity index (χ0n) is 9.42. The summed E-state index contributed by atoms with van der Waals surface area (Å²) >= 11 is 0. The Kier molecular flexibility index (Phi) is 3.15. The van der Waals surface area contributed by atoms with Crippen molar-refractivity contribution >= 4 is 11.7 Å². The van der Waals surface area contributed by atoms with Crippen molar-refractivity contribution in [2.45, 2.75) is 6.54 Å². The fourth-order valence-corrected chi connectivity index (χ4v) is 1.47. The van der Waals surface area contributed by atoms with Gasteiger partial charge in [0.1, 0.15) is 0 Å². The van der Waals surface area contributed by atoms with Crippen molar-refractivity contribution in [2.75, 3.05) is 5.32 Å². The maximum Gasteiger partial charge on any atom is 0.258 e. The Morgan fingerprint density at radius 3 is 3.06 bits per heavy atom. The van der Waals surface area contributed by atoms with E-state index in [-0.39, 0.29) is 5.91 Å². The highest BCUT2D eigenvalue weighted by Crippen LogP contribution is 2.12. The van der Waals surface area contributed by atoms with Gasteiger partial charge in [-0.2, -0.15) is 5.10 Å². The van der Waals surface area contributed by atoms with Crippen LogP contribution in [0.2, 0.25) is 0 Å². The second-order valence-electron chi connectivity index (χ2n) is 3.58. The second-order valence-corrected chi connectivity index (χ2v) is 3.58. The minimum atomic E-state index is -0.244. The molecule has 88 valence electrons. The van der Waals surface area contributed by atoms with Crippen molar-refractivity contribution in [1.29, 1.82) is 0 Å². The van der Waals surface area contributed by atoms with Gasteiger partial charge in [-0.25, -0.2) is 0 Å². The van der Waals surface area contributed by atoms with Crippen LogP contribution in [0.4, 0.5) is 5.82 Å². The highest BCUT2D eigenvalue weighted by molar-refractivity contribution is 6.03. The normalized spacial score (nSPS) is 10.2. The van der Waals surface area contributed by atoms with E-state index in [1.54, 1.807) is 36.3 Å². The maximum atomic E-state index is 11.9. The van der Waals surface area contributed by atoms with Crippen LogP contribution < -0.4 is 11.1 Å². The van der Waals surface area contributed by atoms with E-state index < -0.39 is 0 Å². The summed E-state index contributed by atoms with van der Waals surface area (Å²) in [6.45, 7) is 0.330. The van der Waals surface area contributed by atoms with Gasteiger partial charge in [0.05, 0.1) is 5.56 Å². The lowest BCUT2D eigenvalue weighted by atomic mass is 10.2. The fraction of sp³-hybridized carbons (Fsp3) is 0.182. The molecular weight excluding hydrogens is 218 g/mol. The number of carbonyl (C=O) groups excluding carboxylic acids is 1. The molecular formula is C11H13N5O. The second kappa shape index (κ2) is 4.75. The van der Waals surface area contributed by atoms with Crippen molar-refractivity contribution in [3.8, 4) is 0 Å². The molecule has 0 radical (unpaired) electrons. The summed E-state index contributed by atoms with van der Waals surface area (Å²) in [5.74, 6) is 0.246. The van der Waals surface area contributed by atoms with Crippen LogP contribution in [0.3, 0.4) is 0 Å². The monoisotopic (exact) mass is 231 g/mol. The summed E-state index contributed by atoms with van der Waals surface area (Å²) in [5.41, 5.74) is 6.84. The van der Waals surface area contributed by atoms with Gasteiger partial charge in [-0.05, 0) is 12.1 Å². The van der Waals surface area contributed by atoms with E-state index in [0.717, 1.165) is 5.56 Å². The number of nitrogens with one attached hydrogen (secondary N) is 1. The first-order valence-corrected chi connectivity index (χ1v) is 5.14. The van der Waals surface area contributed by atoms with E-state index in [1.807, 2.05) is 0 Å². The Bertz CT molecular complexity index is 520. The molecule has 17 heavy (non-hydrogen) atoms. The van der Waals surface area contributed by atoms with Gasteiger partial charge in [0.2, 0.25) is 0 Å². The number of hydrogen-bond acceptors (Lipinski definition) is 4. The van der Waals surface area contributed by atoms with E-state index in [2.05, 4.69) is 15.4 Å². The minimum absolute atomic E-state index is 0.244. The first-order valence-electron chi connectivity index (χ1n) is 5.14. The predicted molar refractivity (Wildman–Crippen MR) is 63.3 cm³/mol. The third kappa shape index (κ3) is 2.48. The quantitative estimate of drug-likeness (QED) is 0.806. The zero-order valence-corrected chi connectivity index (χ0v) is 9.42. The van der Waals surface area contributed by atoms with Gasteiger partial charge >= 0.3 is 0 Å². The van der Waals surface area contributed by atoms with Crippen LogP contribution in [0.25, 0.3) is 0 Å². The molecule has 0 unspecified atom stereocenters. The molecule has 0 aliphatic heterocycles. The van der Waals surface area contributed by atoms with Gasteiger partial charge in [0, 0.05) is 37.7 Å². The summed E-state index contributed by atoms with van der Waals surface area (Å²) in [4.78, 5) is 15.7. The van der Waals surface area contributed by atoms with Crippen molar-refractivity contribution in [3.05, 3.63) is 41.9 Å². The molecule has 0 atom stereocenters. The number of hydrogen-bond donors (Lipinski definition) is 2. The highest BCUT2D eigenvalue weighted by atomic mass is 16.1. The Balaban J connectivity index is 2.18. The summed E-state index contributed by atoms with van der Waals surface area (Å²) < 4.78 is 1.61. The molecule has 0 aliphatic carbocycles. The van der Waals surface area contributed by atoms with Crippen LogP contribution in [-0.4, -0.2) is 20.7 Å². The van der Waals surface area contributed by atoms with Gasteiger partial charge in [-0.15, -0.1) is 0 Å². The first kappa shape index (κ1) is 11.3. The van der Waals surface area contributed by atoms with Crippen LogP contribution in [0.5, 0.6) is 0 Å². The number of aromatic nitrogens is 3. The Hall–Kier alpha value is -2.21. The molecule has 2 heterocycles. The van der Waals surface area contributed by atoms with E-state index in [4.69, 9.17) is 5.73 Å². The molecule has 0 saturated carbocycles. The number of rotatable bonds is 3. The van der Waals surface area contributed by atoms with Gasteiger partial charge in [-0.3, -0.25) is 14.5 Å². The lowest BCUT2D eigenvalue weighted by Crippen LogP contribution is -2.14. The van der Waals surface area contributed by atoms with Crippen molar-refractivity contribution in [2.24, 2.45) is 12.8 Å². The molecule has 2 aromatic rings. The predicted octanol–water partition coefficient (Wildman–Crippen LogP) is 0.526. The summed E-state index contributed by atoms with van der Waals surface area (Å²) in [6.07, 6.45) is 4.89. The Morgan fingerprint density at radius 1 is 1.59 bits per heavy atom. The Labute approximate surface area is 98.5 Å². The summed E-state index contributed by atoms with van der Waals surface area (Å²) in [7, 11) is 1.78. The van der Waals surface area contributed by atoms with Crippen molar-refractivity contribution in [1.82, 2.24) is 14.8 Å². The number of nitrogens with two attached hydrogens (primary N) is 1. The van der Waals surface area contributed by atoms with E-state index in [1.165, 1.54) is 6.20 Å². The number of anilines is 1. The smallest absolute Gasteiger partial charge is 0.258 e. The molecule has 0 aromatic carbocycles. The van der Waals surface area contributed by atoms with E-state index in [9.17, 15) is 4.79 Å². The van der Waals surface area contributed by atoms with E-state index in [0.29, 0.717) is 17.9 Å². The number of pyridine rings is 1. The van der Waals surface area contributed by atoms with Gasteiger partial charge in [0.25, 0.3) is 5.91 Å². The molecule has 6 heteroatoms. The number of carbonyl (C=O) groups is 1. The van der Waals surface area contributed by atoms with Crippen LogP contribution in [-0.2, 0) is 13.6 Å². The van der Waals surface area contributed by atoms with Crippen LogP contribution >= 0.6 is 0 Å². The largest absolute Gasteiger partial charge is 0.326 e. The summed E-state index contributed by atoms with van der Waals surface area (Å²) in [5, 5.41) is 6.84. The number of nitrogens with zero attached hydrogens (tertiary/aromatic N) is 3. The molecule has 3 N–H and O–H groups in total. The molecule has 2 aromatic heterocycles. The number of amides is 1. The highest BCUT2D eigenvalue weighted by Gasteiger charge is 2.11. The van der Waals surface area contributed by atoms with Crippen LogP contribution in [0.1, 0.15) is 15.9 Å². The SMILES string of the molecule is Cn1cc(CN)c(NC(=O)c2cccnc2)n1. The average Bonchev–Trinajstić information content (AvgIpc) is 2.70. The Morgan fingerprint density at radius 2 is 2.41 bits per heavy atom. The van der Waals surface area contributed by atoms with E-state index >= 15 is 0 Å². The zero-order chi connectivity index (χ0) is 12.3. The maximum absolute atomic E-state index is 11.9. The molecule has 6 nitrogen and oxygen atoms in total. The molecule has 0 aliphatic rings. The first-order chi connectivity index (χ1) is 8.20. The summed E-state index contributed by atoms with van der Waals surface area (Å²) in [6, 6.07) is 3.39. The molecule has 1 amide bonds. The lowest BCUT2D eigenvalue weighted by molar-refractivity contribution is 0.102. The number of aryl methyl sites for hydroxylation is 1. The standard InChI is InChI=1S/C11H13N5O/c1-16-7-9(5-12)10(15-16)14-11(17)8-3-2-4-13-6-8/h2-4,6-7H,5,12H2,1H3,(H,14,15,17). The van der Waals surface area contributed by atoms with Crippen LogP contribution in [0.15, 0.2) is 30.7 Å². The lowest BCUT2D eigenvalue weighted by Gasteiger charge is -2.03. The average molecular weight is 231 g/mol. The minimum Gasteiger partial charge on any atom is -0.326 e. The van der Waals surface area contributed by atoms with Crippen molar-refractivity contribution < 1.29 is 4.79 Å². The fourth-order valence-electron chi connectivity index (χ4n) is 1.47. The third-order valence-electron chi connectivity index (χ3n) is 2.28. The van der Waals surface area contributed by atoms with Crippen LogP contribution in [0, 0.1) is 0 Å². The molecule has 0 spiro atoms. The van der Waals surface area contributed by atoms with Gasteiger partial charge < -0.3 is 11.1 Å². The van der Waals surface area contributed by atoms with Gasteiger partial charge in [-0.1, -0.05) is 0 Å². The molecule has 0 saturated heterocycles. The third-order valence-corrected chi connectivity index (χ3v) is 2.28. The van der Waals surface area contributed by atoms with Gasteiger partial charge in [0.15, 0.2) is 5.82 Å². The van der Waals surface area contributed by atoms with Crippen molar-refractivity contribution in [3.63, 3.8) is 0 Å². The molecule has 0 bridgehead atoms. The topological polar surface area (TPSA) is 85.8 Å². The molecule has 0 fully saturated rings.